The topological polar surface area (TPSA) is 72.2 Å². The van der Waals surface area contributed by atoms with Crippen molar-refractivity contribution in [3.8, 4) is 0 Å². The summed E-state index contributed by atoms with van der Waals surface area (Å²) in [5, 5.41) is 3.22. The number of carbonyl (C=O) groups is 2. The number of epoxide rings is 2. The zero-order valence-electron chi connectivity index (χ0n) is 16.3. The average Bonchev–Trinajstić information content (AvgIpc) is 3.70. The van der Waals surface area contributed by atoms with Crippen LogP contribution in [0.15, 0.2) is 60.7 Å². The van der Waals surface area contributed by atoms with Crippen molar-refractivity contribution >= 4 is 12.1 Å². The lowest BCUT2D eigenvalue weighted by atomic mass is 10.1. The first-order valence-electron chi connectivity index (χ1n) is 10.2. The first-order valence-corrected chi connectivity index (χ1v) is 10.2. The summed E-state index contributed by atoms with van der Waals surface area (Å²) in [5.41, 5.74) is 1.80. The van der Waals surface area contributed by atoms with E-state index in [1.807, 2.05) is 60.7 Å². The first-order chi connectivity index (χ1) is 14.7. The molecule has 0 aliphatic carbocycles. The summed E-state index contributed by atoms with van der Waals surface area (Å²) in [6.45, 7) is 2.22. The van der Waals surface area contributed by atoms with Gasteiger partial charge in [0.05, 0.1) is 38.5 Å². The smallest absolute Gasteiger partial charge is 0.343 e. The third kappa shape index (κ3) is 2.83. The molecular formula is C22H22N4O4. The Balaban J connectivity index is 1.44. The first kappa shape index (κ1) is 17.7. The highest BCUT2D eigenvalue weighted by molar-refractivity contribution is 5.88. The molecule has 4 atom stereocenters. The van der Waals surface area contributed by atoms with Crippen LogP contribution >= 0.6 is 0 Å². The minimum Gasteiger partial charge on any atom is -0.371 e. The van der Waals surface area contributed by atoms with Crippen molar-refractivity contribution in [2.45, 2.75) is 24.5 Å². The maximum absolute atomic E-state index is 13.7. The predicted molar refractivity (Wildman–Crippen MR) is 106 cm³/mol. The minimum absolute atomic E-state index is 0.0302. The van der Waals surface area contributed by atoms with Gasteiger partial charge in [-0.1, -0.05) is 60.7 Å². The van der Waals surface area contributed by atoms with Gasteiger partial charge < -0.3 is 9.47 Å². The van der Waals surface area contributed by atoms with E-state index in [2.05, 4.69) is 0 Å². The number of hydrogen-bond donors (Lipinski definition) is 0. The van der Waals surface area contributed by atoms with Crippen molar-refractivity contribution in [2.24, 2.45) is 0 Å². The summed E-state index contributed by atoms with van der Waals surface area (Å²) in [6, 6.07) is 19.1. The number of urea groups is 2. The zero-order valence-corrected chi connectivity index (χ0v) is 16.3. The van der Waals surface area contributed by atoms with Crippen molar-refractivity contribution in [2.75, 3.05) is 26.3 Å². The number of rotatable bonds is 6. The van der Waals surface area contributed by atoms with Gasteiger partial charge in [0, 0.05) is 0 Å². The van der Waals surface area contributed by atoms with E-state index < -0.39 is 12.3 Å². The molecule has 4 aliphatic rings. The van der Waals surface area contributed by atoms with E-state index in [1.54, 1.807) is 19.8 Å². The van der Waals surface area contributed by atoms with E-state index >= 15 is 0 Å². The molecule has 8 nitrogen and oxygen atoms in total. The summed E-state index contributed by atoms with van der Waals surface area (Å²) in [7, 11) is 0. The molecule has 0 unspecified atom stereocenters. The monoisotopic (exact) mass is 406 g/mol. The number of hydrazine groups is 1. The molecule has 0 bridgehead atoms. The third-order valence-electron chi connectivity index (χ3n) is 5.97. The minimum atomic E-state index is -0.494. The fourth-order valence-electron chi connectivity index (χ4n) is 4.40. The lowest BCUT2D eigenvalue weighted by Crippen LogP contribution is -2.42. The van der Waals surface area contributed by atoms with Crippen LogP contribution in [0.2, 0.25) is 0 Å². The maximum atomic E-state index is 13.7. The molecule has 0 aromatic heterocycles. The lowest BCUT2D eigenvalue weighted by Gasteiger charge is -2.29. The van der Waals surface area contributed by atoms with E-state index in [1.165, 1.54) is 0 Å². The maximum Gasteiger partial charge on any atom is 0.343 e. The molecule has 6 rings (SSSR count). The van der Waals surface area contributed by atoms with Gasteiger partial charge in [0.2, 0.25) is 0 Å². The van der Waals surface area contributed by atoms with Crippen LogP contribution in [0.1, 0.15) is 23.5 Å². The van der Waals surface area contributed by atoms with Crippen LogP contribution in [0.3, 0.4) is 0 Å². The van der Waals surface area contributed by atoms with Crippen molar-refractivity contribution in [3.05, 3.63) is 71.8 Å². The van der Waals surface area contributed by atoms with Crippen LogP contribution < -0.4 is 0 Å². The van der Waals surface area contributed by atoms with E-state index in [-0.39, 0.29) is 24.3 Å². The van der Waals surface area contributed by atoms with Crippen LogP contribution in [-0.4, -0.2) is 70.4 Å². The molecular weight excluding hydrogens is 384 g/mol. The molecule has 30 heavy (non-hydrogen) atoms. The summed E-state index contributed by atoms with van der Waals surface area (Å²) < 4.78 is 10.8. The molecule has 4 heterocycles. The van der Waals surface area contributed by atoms with Gasteiger partial charge in [0.25, 0.3) is 0 Å². The molecule has 0 N–H and O–H groups in total. The van der Waals surface area contributed by atoms with Gasteiger partial charge in [-0.15, -0.1) is 0 Å². The molecule has 0 saturated carbocycles. The molecule has 4 fully saturated rings. The Hall–Kier alpha value is -3.10. The summed E-state index contributed by atoms with van der Waals surface area (Å²) in [6.07, 6.45) is -0.927. The normalized spacial score (nSPS) is 29.6. The quantitative estimate of drug-likeness (QED) is 0.692. The predicted octanol–water partition coefficient (Wildman–Crippen LogP) is 2.57. The van der Waals surface area contributed by atoms with Crippen molar-refractivity contribution in [1.82, 2.24) is 19.8 Å². The van der Waals surface area contributed by atoms with Gasteiger partial charge in [-0.05, 0) is 11.1 Å². The van der Waals surface area contributed by atoms with Crippen LogP contribution in [0.5, 0.6) is 0 Å². The summed E-state index contributed by atoms with van der Waals surface area (Å²) in [4.78, 5) is 30.8. The van der Waals surface area contributed by atoms with E-state index in [0.29, 0.717) is 26.3 Å². The second kappa shape index (κ2) is 6.72. The zero-order chi connectivity index (χ0) is 20.2. The Morgan fingerprint density at radius 1 is 0.667 bits per heavy atom. The largest absolute Gasteiger partial charge is 0.371 e. The third-order valence-corrected chi connectivity index (χ3v) is 5.97. The summed E-state index contributed by atoms with van der Waals surface area (Å²) >= 11 is 0. The fourth-order valence-corrected chi connectivity index (χ4v) is 4.40. The number of ether oxygens (including phenoxy) is 2. The SMILES string of the molecule is O=C1N(C[C@H]2CO2)[C@H](c2ccccc2)N2C(=O)N(C[C@@H]3CO3)[C@@H](c3ccccc3)N12. The van der Waals surface area contributed by atoms with Crippen LogP contribution in [0, 0.1) is 0 Å². The van der Waals surface area contributed by atoms with Crippen LogP contribution in [-0.2, 0) is 9.47 Å². The standard InChI is InChI=1S/C22H22N4O4/c27-21-23(11-17-13-29-17)19(15-7-3-1-4-8-15)25-22(28)24(12-18-14-30-18)20(26(21)25)16-9-5-2-6-10-16/h1-10,17-20H,11-14H2/t17-,18+,19-,20+. The Morgan fingerprint density at radius 3 is 1.37 bits per heavy atom. The molecule has 4 amide bonds. The van der Waals surface area contributed by atoms with Crippen molar-refractivity contribution in [3.63, 3.8) is 0 Å². The highest BCUT2D eigenvalue weighted by Gasteiger charge is 2.59. The number of carbonyl (C=O) groups excluding carboxylic acids is 2. The molecule has 2 aromatic carbocycles. The van der Waals surface area contributed by atoms with Crippen molar-refractivity contribution in [1.29, 1.82) is 0 Å². The Kier molecular flexibility index (Phi) is 3.97. The van der Waals surface area contributed by atoms with Crippen molar-refractivity contribution < 1.29 is 19.1 Å². The Morgan fingerprint density at radius 2 is 1.03 bits per heavy atom. The van der Waals surface area contributed by atoms with Gasteiger partial charge in [-0.2, -0.15) is 0 Å². The molecule has 2 aromatic rings. The van der Waals surface area contributed by atoms with Gasteiger partial charge in [-0.25, -0.2) is 19.6 Å². The number of fused-ring (bicyclic) bond motifs is 1. The van der Waals surface area contributed by atoms with Gasteiger partial charge in [-0.3, -0.25) is 9.80 Å². The second-order valence-electron chi connectivity index (χ2n) is 8.04. The number of amides is 4. The van der Waals surface area contributed by atoms with Gasteiger partial charge in [0.15, 0.2) is 12.3 Å². The van der Waals surface area contributed by atoms with Crippen LogP contribution in [0.4, 0.5) is 9.59 Å². The van der Waals surface area contributed by atoms with Crippen LogP contribution in [0.25, 0.3) is 0 Å². The van der Waals surface area contributed by atoms with E-state index in [0.717, 1.165) is 11.1 Å². The fraction of sp³-hybridized carbons (Fsp3) is 0.364. The van der Waals surface area contributed by atoms with E-state index in [9.17, 15) is 9.59 Å². The second-order valence-corrected chi connectivity index (χ2v) is 8.04. The Bertz CT molecular complexity index is 884. The number of nitrogens with zero attached hydrogens (tertiary/aromatic N) is 4. The molecule has 4 aliphatic heterocycles. The number of hydrogen-bond acceptors (Lipinski definition) is 4. The molecule has 0 spiro atoms. The molecule has 154 valence electrons. The summed E-state index contributed by atoms with van der Waals surface area (Å²) in [5.74, 6) is 0. The molecule has 8 heteroatoms. The molecule has 0 radical (unpaired) electrons. The average molecular weight is 406 g/mol. The molecule has 4 saturated heterocycles. The van der Waals surface area contributed by atoms with Gasteiger partial charge >= 0.3 is 12.1 Å². The van der Waals surface area contributed by atoms with E-state index in [4.69, 9.17) is 9.47 Å². The number of benzene rings is 2. The highest BCUT2D eigenvalue weighted by Crippen LogP contribution is 2.46. The Labute approximate surface area is 174 Å². The van der Waals surface area contributed by atoms with Gasteiger partial charge in [0.1, 0.15) is 0 Å². The highest BCUT2D eigenvalue weighted by atomic mass is 16.6. The lowest BCUT2D eigenvalue weighted by molar-refractivity contribution is 0.0504.